The van der Waals surface area contributed by atoms with Gasteiger partial charge in [-0.15, -0.1) is 0 Å². The topological polar surface area (TPSA) is 108 Å². The standard InChI is InChI=1S/C15H24N4O3S2/c16-9-11-2-1-3-13(11)18-15(20)14-8-12(10-17-14)24(21,22)19-4-6-23-7-5-19/h8,10-11,13,17H,1-7,9,16H2,(H,18,20). The van der Waals surface area contributed by atoms with Crippen molar-refractivity contribution in [2.75, 3.05) is 31.1 Å². The molecule has 1 aliphatic carbocycles. The summed E-state index contributed by atoms with van der Waals surface area (Å²) in [6.45, 7) is 1.59. The lowest BCUT2D eigenvalue weighted by molar-refractivity contribution is 0.0924. The zero-order valence-electron chi connectivity index (χ0n) is 13.5. The molecule has 0 aromatic carbocycles. The van der Waals surface area contributed by atoms with Crippen molar-refractivity contribution in [1.82, 2.24) is 14.6 Å². The highest BCUT2D eigenvalue weighted by atomic mass is 32.2. The summed E-state index contributed by atoms with van der Waals surface area (Å²) in [7, 11) is -3.53. The van der Waals surface area contributed by atoms with Crippen molar-refractivity contribution in [3.8, 4) is 0 Å². The van der Waals surface area contributed by atoms with Gasteiger partial charge in [0.25, 0.3) is 5.91 Å². The minimum Gasteiger partial charge on any atom is -0.356 e. The van der Waals surface area contributed by atoms with Gasteiger partial charge in [0.05, 0.1) is 0 Å². The lowest BCUT2D eigenvalue weighted by atomic mass is 10.0. The second kappa shape index (κ2) is 7.47. The molecule has 7 nitrogen and oxygen atoms in total. The van der Waals surface area contributed by atoms with Gasteiger partial charge in [0.15, 0.2) is 0 Å². The smallest absolute Gasteiger partial charge is 0.267 e. The highest BCUT2D eigenvalue weighted by Gasteiger charge is 2.30. The third kappa shape index (κ3) is 3.63. The molecule has 1 aliphatic heterocycles. The van der Waals surface area contributed by atoms with E-state index in [1.807, 2.05) is 0 Å². The second-order valence-electron chi connectivity index (χ2n) is 6.27. The monoisotopic (exact) mass is 372 g/mol. The Kier molecular flexibility index (Phi) is 5.53. The van der Waals surface area contributed by atoms with Gasteiger partial charge < -0.3 is 16.0 Å². The summed E-state index contributed by atoms with van der Waals surface area (Å²) in [6, 6.07) is 1.50. The maximum atomic E-state index is 12.6. The van der Waals surface area contributed by atoms with Crippen molar-refractivity contribution in [2.45, 2.75) is 30.2 Å². The highest BCUT2D eigenvalue weighted by Crippen LogP contribution is 2.25. The highest BCUT2D eigenvalue weighted by molar-refractivity contribution is 7.99. The molecule has 134 valence electrons. The van der Waals surface area contributed by atoms with Crippen LogP contribution >= 0.6 is 11.8 Å². The molecule has 3 rings (SSSR count). The largest absolute Gasteiger partial charge is 0.356 e. The molecule has 1 saturated carbocycles. The average Bonchev–Trinajstić information content (AvgIpc) is 3.25. The molecule has 1 saturated heterocycles. The number of thioether (sulfide) groups is 1. The minimum absolute atomic E-state index is 0.0741. The van der Waals surface area contributed by atoms with Gasteiger partial charge in [0.1, 0.15) is 10.6 Å². The molecule has 1 aromatic rings. The summed E-state index contributed by atoms with van der Waals surface area (Å²) in [4.78, 5) is 15.3. The molecule has 2 aliphatic rings. The molecule has 9 heteroatoms. The number of carbonyl (C=O) groups excluding carboxylic acids is 1. The first kappa shape index (κ1) is 17.8. The predicted molar refractivity (Wildman–Crippen MR) is 94.5 cm³/mol. The van der Waals surface area contributed by atoms with E-state index in [9.17, 15) is 13.2 Å². The molecule has 1 aromatic heterocycles. The van der Waals surface area contributed by atoms with Crippen molar-refractivity contribution < 1.29 is 13.2 Å². The maximum absolute atomic E-state index is 12.6. The van der Waals surface area contributed by atoms with E-state index in [2.05, 4.69) is 10.3 Å². The predicted octanol–water partition coefficient (Wildman–Crippen LogP) is 0.609. The SMILES string of the molecule is NCC1CCCC1NC(=O)c1cc(S(=O)(=O)N2CCSCC2)c[nH]1. The summed E-state index contributed by atoms with van der Waals surface area (Å²) in [5, 5.41) is 2.98. The molecule has 1 amide bonds. The summed E-state index contributed by atoms with van der Waals surface area (Å²) in [5.74, 6) is 1.65. The number of carbonyl (C=O) groups is 1. The van der Waals surface area contributed by atoms with Crippen molar-refractivity contribution in [1.29, 1.82) is 0 Å². The van der Waals surface area contributed by atoms with Crippen LogP contribution in [0.25, 0.3) is 0 Å². The third-order valence-corrected chi connectivity index (χ3v) is 7.61. The van der Waals surface area contributed by atoms with Crippen molar-refractivity contribution in [3.05, 3.63) is 18.0 Å². The molecule has 2 unspecified atom stereocenters. The first-order valence-electron chi connectivity index (χ1n) is 8.29. The number of hydrogen-bond acceptors (Lipinski definition) is 5. The Balaban J connectivity index is 1.69. The Morgan fingerprint density at radius 1 is 1.38 bits per heavy atom. The molecule has 2 heterocycles. The number of nitrogens with one attached hydrogen (secondary N) is 2. The van der Waals surface area contributed by atoms with Crippen LogP contribution in [0.4, 0.5) is 0 Å². The van der Waals surface area contributed by atoms with Crippen LogP contribution in [-0.4, -0.2) is 60.8 Å². The first-order valence-corrected chi connectivity index (χ1v) is 10.9. The summed E-state index contributed by atoms with van der Waals surface area (Å²) < 4.78 is 26.7. The summed E-state index contributed by atoms with van der Waals surface area (Å²) >= 11 is 1.75. The quantitative estimate of drug-likeness (QED) is 0.702. The fourth-order valence-electron chi connectivity index (χ4n) is 3.35. The van der Waals surface area contributed by atoms with Crippen molar-refractivity contribution >= 4 is 27.7 Å². The van der Waals surface area contributed by atoms with Crippen molar-refractivity contribution in [2.24, 2.45) is 11.7 Å². The van der Waals surface area contributed by atoms with E-state index in [-0.39, 0.29) is 22.5 Å². The molecule has 24 heavy (non-hydrogen) atoms. The number of hydrogen-bond donors (Lipinski definition) is 3. The van der Waals surface area contributed by atoms with Gasteiger partial charge in [-0.1, -0.05) is 6.42 Å². The molecule has 2 atom stereocenters. The van der Waals surface area contributed by atoms with E-state index in [1.165, 1.54) is 16.6 Å². The normalized spacial score (nSPS) is 25.7. The number of sulfonamides is 1. The van der Waals surface area contributed by atoms with E-state index in [1.54, 1.807) is 11.8 Å². The maximum Gasteiger partial charge on any atom is 0.267 e. The molecule has 0 spiro atoms. The average molecular weight is 373 g/mol. The second-order valence-corrected chi connectivity index (χ2v) is 9.43. The summed E-state index contributed by atoms with van der Waals surface area (Å²) in [6.07, 6.45) is 4.41. The van der Waals surface area contributed by atoms with Gasteiger partial charge in [-0.05, 0) is 31.4 Å². The van der Waals surface area contributed by atoms with Gasteiger partial charge in [-0.3, -0.25) is 4.79 Å². The van der Waals surface area contributed by atoms with Crippen LogP contribution in [0.1, 0.15) is 29.8 Å². The Morgan fingerprint density at radius 2 is 2.12 bits per heavy atom. The molecular formula is C15H24N4O3S2. The Morgan fingerprint density at radius 3 is 2.83 bits per heavy atom. The van der Waals surface area contributed by atoms with Gasteiger partial charge in [0, 0.05) is 36.8 Å². The molecule has 0 radical (unpaired) electrons. The number of aromatic amines is 1. The van der Waals surface area contributed by atoms with E-state index < -0.39 is 10.0 Å². The van der Waals surface area contributed by atoms with Crippen LogP contribution < -0.4 is 11.1 Å². The molecule has 4 N–H and O–H groups in total. The van der Waals surface area contributed by atoms with E-state index in [0.29, 0.717) is 25.6 Å². The van der Waals surface area contributed by atoms with Crippen LogP contribution in [0.2, 0.25) is 0 Å². The Bertz CT molecular complexity index is 683. The van der Waals surface area contributed by atoms with Crippen LogP contribution in [-0.2, 0) is 10.0 Å². The number of H-pyrrole nitrogens is 1. The Hall–Kier alpha value is -1.03. The fraction of sp³-hybridized carbons (Fsp3) is 0.667. The minimum atomic E-state index is -3.53. The van der Waals surface area contributed by atoms with E-state index in [0.717, 1.165) is 30.8 Å². The molecule has 2 fully saturated rings. The zero-order valence-corrected chi connectivity index (χ0v) is 15.2. The Labute approximate surface area is 146 Å². The van der Waals surface area contributed by atoms with Gasteiger partial charge in [-0.2, -0.15) is 16.1 Å². The van der Waals surface area contributed by atoms with Crippen molar-refractivity contribution in [3.63, 3.8) is 0 Å². The van der Waals surface area contributed by atoms with Gasteiger partial charge in [0.2, 0.25) is 10.0 Å². The fourth-order valence-corrected chi connectivity index (χ4v) is 5.92. The van der Waals surface area contributed by atoms with E-state index in [4.69, 9.17) is 5.73 Å². The van der Waals surface area contributed by atoms with E-state index >= 15 is 0 Å². The lowest BCUT2D eigenvalue weighted by Crippen LogP contribution is -2.40. The zero-order chi connectivity index (χ0) is 17.2. The van der Waals surface area contributed by atoms with Gasteiger partial charge >= 0.3 is 0 Å². The number of rotatable bonds is 5. The summed E-state index contributed by atoms with van der Waals surface area (Å²) in [5.41, 5.74) is 6.02. The van der Waals surface area contributed by atoms with Crippen LogP contribution in [0.5, 0.6) is 0 Å². The lowest BCUT2D eigenvalue weighted by Gasteiger charge is -2.24. The number of nitrogens with zero attached hydrogens (tertiary/aromatic N) is 1. The molecule has 0 bridgehead atoms. The number of nitrogens with two attached hydrogens (primary N) is 1. The van der Waals surface area contributed by atoms with Crippen LogP contribution in [0.15, 0.2) is 17.2 Å². The third-order valence-electron chi connectivity index (χ3n) is 4.79. The number of amides is 1. The van der Waals surface area contributed by atoms with Gasteiger partial charge in [-0.25, -0.2) is 8.42 Å². The van der Waals surface area contributed by atoms with Crippen LogP contribution in [0, 0.1) is 5.92 Å². The van der Waals surface area contributed by atoms with Crippen LogP contribution in [0.3, 0.4) is 0 Å². The first-order chi connectivity index (χ1) is 11.5. The number of aromatic nitrogens is 1. The molecular weight excluding hydrogens is 348 g/mol.